The van der Waals surface area contributed by atoms with Gasteiger partial charge in [-0.2, -0.15) is 0 Å². The lowest BCUT2D eigenvalue weighted by atomic mass is 10.2. The Morgan fingerprint density at radius 1 is 1.31 bits per heavy atom. The van der Waals surface area contributed by atoms with Gasteiger partial charge in [0.2, 0.25) is 0 Å². The maximum Gasteiger partial charge on any atom is 0.186 e. The Kier molecular flexibility index (Phi) is 2.62. The van der Waals surface area contributed by atoms with Crippen molar-refractivity contribution < 1.29 is 13.9 Å². The molecular formula is C9H8BrFO2. The second-order valence-electron chi connectivity index (χ2n) is 2.74. The summed E-state index contributed by atoms with van der Waals surface area (Å²) in [6.45, 7) is 1.05. The molecule has 1 aliphatic heterocycles. The molecule has 0 radical (unpaired) electrons. The Labute approximate surface area is 83.8 Å². The standard InChI is InChI=1S/C9H8BrFO2/c10-6-1-2-8(11)7(5-6)9-12-3-4-13-9/h1-2,5,9H,3-4H2. The lowest BCUT2D eigenvalue weighted by Crippen LogP contribution is -2.01. The van der Waals surface area contributed by atoms with Gasteiger partial charge in [0.25, 0.3) is 0 Å². The summed E-state index contributed by atoms with van der Waals surface area (Å²) in [7, 11) is 0. The van der Waals surface area contributed by atoms with Crippen LogP contribution >= 0.6 is 15.9 Å². The second-order valence-corrected chi connectivity index (χ2v) is 3.66. The van der Waals surface area contributed by atoms with Crippen LogP contribution in [0.15, 0.2) is 22.7 Å². The van der Waals surface area contributed by atoms with Crippen molar-refractivity contribution in [1.29, 1.82) is 0 Å². The fourth-order valence-electron chi connectivity index (χ4n) is 1.23. The third-order valence-electron chi connectivity index (χ3n) is 1.83. The molecule has 0 aliphatic carbocycles. The lowest BCUT2D eigenvalue weighted by Gasteiger charge is -2.10. The number of halogens is 2. The molecule has 2 rings (SSSR count). The van der Waals surface area contributed by atoms with E-state index in [0.717, 1.165) is 4.47 Å². The fourth-order valence-corrected chi connectivity index (χ4v) is 1.61. The summed E-state index contributed by atoms with van der Waals surface area (Å²) in [5.41, 5.74) is 0.451. The van der Waals surface area contributed by atoms with Crippen LogP contribution in [0, 0.1) is 5.82 Å². The van der Waals surface area contributed by atoms with Gasteiger partial charge < -0.3 is 9.47 Å². The van der Waals surface area contributed by atoms with Crippen molar-refractivity contribution in [1.82, 2.24) is 0 Å². The SMILES string of the molecule is Fc1ccc(Br)cc1C1OCCO1. The molecule has 1 aromatic carbocycles. The zero-order chi connectivity index (χ0) is 9.26. The van der Waals surface area contributed by atoms with Crippen molar-refractivity contribution >= 4 is 15.9 Å². The van der Waals surface area contributed by atoms with Crippen LogP contribution in [-0.4, -0.2) is 13.2 Å². The monoisotopic (exact) mass is 246 g/mol. The number of hydrogen-bond acceptors (Lipinski definition) is 2. The molecule has 1 heterocycles. The Balaban J connectivity index is 2.32. The predicted molar refractivity (Wildman–Crippen MR) is 48.7 cm³/mol. The molecule has 1 saturated heterocycles. The topological polar surface area (TPSA) is 18.5 Å². The van der Waals surface area contributed by atoms with E-state index in [0.29, 0.717) is 18.8 Å². The molecular weight excluding hydrogens is 239 g/mol. The van der Waals surface area contributed by atoms with Gasteiger partial charge in [0.1, 0.15) is 5.82 Å². The maximum atomic E-state index is 13.2. The first kappa shape index (κ1) is 9.12. The van der Waals surface area contributed by atoms with Crippen LogP contribution in [0.2, 0.25) is 0 Å². The van der Waals surface area contributed by atoms with Crippen molar-refractivity contribution in [3.05, 3.63) is 34.1 Å². The van der Waals surface area contributed by atoms with Gasteiger partial charge in [-0.05, 0) is 18.2 Å². The Morgan fingerprint density at radius 3 is 2.69 bits per heavy atom. The Morgan fingerprint density at radius 2 is 2.00 bits per heavy atom. The predicted octanol–water partition coefficient (Wildman–Crippen LogP) is 2.63. The molecule has 13 heavy (non-hydrogen) atoms. The number of ether oxygens (including phenoxy) is 2. The summed E-state index contributed by atoms with van der Waals surface area (Å²) in [5.74, 6) is -0.296. The van der Waals surface area contributed by atoms with Crippen molar-refractivity contribution in [3.63, 3.8) is 0 Å². The van der Waals surface area contributed by atoms with E-state index < -0.39 is 6.29 Å². The van der Waals surface area contributed by atoms with Gasteiger partial charge in [-0.1, -0.05) is 15.9 Å². The zero-order valence-electron chi connectivity index (χ0n) is 6.80. The van der Waals surface area contributed by atoms with E-state index in [1.54, 1.807) is 12.1 Å². The highest BCUT2D eigenvalue weighted by Gasteiger charge is 2.21. The number of rotatable bonds is 1. The van der Waals surface area contributed by atoms with Crippen LogP contribution in [0.25, 0.3) is 0 Å². The maximum absolute atomic E-state index is 13.2. The van der Waals surface area contributed by atoms with Crippen LogP contribution < -0.4 is 0 Å². The van der Waals surface area contributed by atoms with Gasteiger partial charge in [0.15, 0.2) is 6.29 Å². The molecule has 0 bridgehead atoms. The van der Waals surface area contributed by atoms with Gasteiger partial charge >= 0.3 is 0 Å². The van der Waals surface area contributed by atoms with Crippen LogP contribution in [-0.2, 0) is 9.47 Å². The minimum atomic E-state index is -0.544. The summed E-state index contributed by atoms with van der Waals surface area (Å²) < 4.78 is 24.4. The Bertz CT molecular complexity index is 310. The van der Waals surface area contributed by atoms with E-state index in [4.69, 9.17) is 9.47 Å². The summed E-state index contributed by atoms with van der Waals surface area (Å²) in [5, 5.41) is 0. The molecule has 0 amide bonds. The van der Waals surface area contributed by atoms with E-state index in [-0.39, 0.29) is 5.82 Å². The highest BCUT2D eigenvalue weighted by molar-refractivity contribution is 9.10. The average Bonchev–Trinajstić information content (AvgIpc) is 2.61. The third kappa shape index (κ3) is 1.90. The minimum absolute atomic E-state index is 0.296. The first-order valence-electron chi connectivity index (χ1n) is 3.95. The van der Waals surface area contributed by atoms with Crippen LogP contribution in [0.4, 0.5) is 4.39 Å². The molecule has 4 heteroatoms. The van der Waals surface area contributed by atoms with Gasteiger partial charge in [-0.15, -0.1) is 0 Å². The zero-order valence-corrected chi connectivity index (χ0v) is 8.38. The van der Waals surface area contributed by atoms with E-state index in [9.17, 15) is 4.39 Å². The first-order chi connectivity index (χ1) is 6.27. The molecule has 0 atom stereocenters. The molecule has 0 spiro atoms. The minimum Gasteiger partial charge on any atom is -0.346 e. The second kappa shape index (κ2) is 3.74. The molecule has 1 aromatic rings. The molecule has 0 N–H and O–H groups in total. The highest BCUT2D eigenvalue weighted by Crippen LogP contribution is 2.27. The highest BCUT2D eigenvalue weighted by atomic mass is 79.9. The summed E-state index contributed by atoms with van der Waals surface area (Å²) in [4.78, 5) is 0. The molecule has 70 valence electrons. The normalized spacial score (nSPS) is 18.0. The van der Waals surface area contributed by atoms with Crippen molar-refractivity contribution in [3.8, 4) is 0 Å². The van der Waals surface area contributed by atoms with E-state index in [1.165, 1.54) is 6.07 Å². The van der Waals surface area contributed by atoms with E-state index in [1.807, 2.05) is 0 Å². The third-order valence-corrected chi connectivity index (χ3v) is 2.33. The average molecular weight is 247 g/mol. The van der Waals surface area contributed by atoms with Crippen molar-refractivity contribution in [2.24, 2.45) is 0 Å². The van der Waals surface area contributed by atoms with Gasteiger partial charge in [-0.25, -0.2) is 4.39 Å². The fraction of sp³-hybridized carbons (Fsp3) is 0.333. The van der Waals surface area contributed by atoms with Crippen LogP contribution in [0.5, 0.6) is 0 Å². The largest absolute Gasteiger partial charge is 0.346 e. The van der Waals surface area contributed by atoms with Crippen LogP contribution in [0.1, 0.15) is 11.9 Å². The lowest BCUT2D eigenvalue weighted by molar-refractivity contribution is -0.0465. The quantitative estimate of drug-likeness (QED) is 0.759. The summed E-state index contributed by atoms with van der Waals surface area (Å²) in [6.07, 6.45) is -0.544. The Hall–Kier alpha value is -0.450. The molecule has 1 fully saturated rings. The van der Waals surface area contributed by atoms with E-state index >= 15 is 0 Å². The van der Waals surface area contributed by atoms with Gasteiger partial charge in [0.05, 0.1) is 13.2 Å². The molecule has 0 saturated carbocycles. The summed E-state index contributed by atoms with van der Waals surface area (Å²) >= 11 is 3.27. The summed E-state index contributed by atoms with van der Waals surface area (Å²) in [6, 6.07) is 4.71. The van der Waals surface area contributed by atoms with Crippen LogP contribution in [0.3, 0.4) is 0 Å². The molecule has 0 aromatic heterocycles. The number of hydrogen-bond donors (Lipinski definition) is 0. The molecule has 1 aliphatic rings. The van der Waals surface area contributed by atoms with Gasteiger partial charge in [-0.3, -0.25) is 0 Å². The van der Waals surface area contributed by atoms with Crippen molar-refractivity contribution in [2.45, 2.75) is 6.29 Å². The number of benzene rings is 1. The van der Waals surface area contributed by atoms with Gasteiger partial charge in [0, 0.05) is 10.0 Å². The smallest absolute Gasteiger partial charge is 0.186 e. The molecule has 0 unspecified atom stereocenters. The first-order valence-corrected chi connectivity index (χ1v) is 4.75. The van der Waals surface area contributed by atoms with E-state index in [2.05, 4.69) is 15.9 Å². The molecule has 2 nitrogen and oxygen atoms in total. The van der Waals surface area contributed by atoms with Crippen molar-refractivity contribution in [2.75, 3.05) is 13.2 Å².